The van der Waals surface area contributed by atoms with Gasteiger partial charge in [-0.1, -0.05) is 0 Å². The van der Waals surface area contributed by atoms with Gasteiger partial charge in [-0.25, -0.2) is 4.39 Å². The molecule has 0 aliphatic carbocycles. The largest absolute Gasteiger partial charge is 0.467 e. The summed E-state index contributed by atoms with van der Waals surface area (Å²) in [5, 5.41) is 3.35. The first kappa shape index (κ1) is 18.5. The van der Waals surface area contributed by atoms with Gasteiger partial charge >= 0.3 is 0 Å². The fourth-order valence-corrected chi connectivity index (χ4v) is 2.64. The topological polar surface area (TPSA) is 81.9 Å². The molecule has 3 heterocycles. The quantitative estimate of drug-likeness (QED) is 0.672. The number of anilines is 1. The Morgan fingerprint density at radius 2 is 2.25 bits per heavy atom. The zero-order valence-corrected chi connectivity index (χ0v) is 14.5. The molecule has 1 radical (unpaired) electrons. The van der Waals surface area contributed by atoms with Crippen molar-refractivity contribution in [1.29, 1.82) is 0 Å². The first-order valence-corrected chi connectivity index (χ1v) is 7.40. The highest BCUT2D eigenvalue weighted by atomic mass is 35.5. The van der Waals surface area contributed by atoms with E-state index in [4.69, 9.17) is 21.8 Å². The second kappa shape index (κ2) is 7.38. The van der Waals surface area contributed by atoms with Crippen molar-refractivity contribution in [1.82, 2.24) is 14.5 Å². The van der Waals surface area contributed by atoms with Crippen LogP contribution in [0.3, 0.4) is 0 Å². The summed E-state index contributed by atoms with van der Waals surface area (Å²) in [4.78, 5) is 8.22. The summed E-state index contributed by atoms with van der Waals surface area (Å²) in [6, 6.07) is 3.16. The third-order valence-corrected chi connectivity index (χ3v) is 3.69. The fraction of sp³-hybridized carbons (Fsp3) is 0.267. The first-order chi connectivity index (χ1) is 11.0. The SMILES string of the molecule is Cl.[CH2][C@@H](N)Cc1c(F)c2c(NCc3ccco3)nc(Cl)nc2n1C. The molecule has 3 N–H and O–H groups in total. The lowest BCUT2D eigenvalue weighted by molar-refractivity contribution is 0.518. The van der Waals surface area contributed by atoms with Crippen LogP contribution in [0.25, 0.3) is 11.0 Å². The van der Waals surface area contributed by atoms with E-state index < -0.39 is 11.9 Å². The maximum atomic E-state index is 14.8. The maximum absolute atomic E-state index is 14.8. The molecule has 0 saturated carbocycles. The number of rotatable bonds is 5. The van der Waals surface area contributed by atoms with Crippen LogP contribution in [-0.2, 0) is 20.0 Å². The summed E-state index contributed by atoms with van der Waals surface area (Å²) in [5.41, 5.74) is 6.51. The highest BCUT2D eigenvalue weighted by Gasteiger charge is 2.22. The normalized spacial score (nSPS) is 12.2. The minimum atomic E-state index is -0.421. The predicted octanol–water partition coefficient (Wildman–Crippen LogP) is 3.09. The molecule has 0 fully saturated rings. The van der Waals surface area contributed by atoms with Crippen molar-refractivity contribution in [2.24, 2.45) is 12.8 Å². The van der Waals surface area contributed by atoms with Crippen LogP contribution in [0.15, 0.2) is 22.8 Å². The van der Waals surface area contributed by atoms with E-state index in [0.717, 1.165) is 0 Å². The summed E-state index contributed by atoms with van der Waals surface area (Å²) in [5.74, 6) is 0.595. The van der Waals surface area contributed by atoms with Gasteiger partial charge in [0.2, 0.25) is 5.28 Å². The predicted molar refractivity (Wildman–Crippen MR) is 93.8 cm³/mol. The molecular weight excluding hydrogens is 356 g/mol. The molecule has 0 unspecified atom stereocenters. The average molecular weight is 373 g/mol. The van der Waals surface area contributed by atoms with E-state index in [-0.39, 0.29) is 29.5 Å². The number of hydrogen-bond acceptors (Lipinski definition) is 5. The van der Waals surface area contributed by atoms with Crippen molar-refractivity contribution in [2.45, 2.75) is 19.0 Å². The Balaban J connectivity index is 0.00000208. The average Bonchev–Trinajstić information content (AvgIpc) is 3.08. The molecule has 0 aromatic carbocycles. The molecule has 3 aromatic rings. The molecule has 3 aromatic heterocycles. The van der Waals surface area contributed by atoms with Crippen molar-refractivity contribution < 1.29 is 8.81 Å². The lowest BCUT2D eigenvalue weighted by atomic mass is 10.2. The van der Waals surface area contributed by atoms with Crippen molar-refractivity contribution in [3.8, 4) is 0 Å². The minimum absolute atomic E-state index is 0. The fourth-order valence-electron chi connectivity index (χ4n) is 2.47. The molecule has 1 atom stereocenters. The molecule has 0 bridgehead atoms. The van der Waals surface area contributed by atoms with Gasteiger partial charge in [0.1, 0.15) is 17.2 Å². The van der Waals surface area contributed by atoms with E-state index in [9.17, 15) is 4.39 Å². The number of fused-ring (bicyclic) bond motifs is 1. The van der Waals surface area contributed by atoms with Crippen LogP contribution < -0.4 is 11.1 Å². The monoisotopic (exact) mass is 372 g/mol. The standard InChI is InChI=1S/C15H16ClFN5O.ClH/c1-8(18)6-10-12(17)11-13(19-7-9-4-3-5-23-9)20-15(16)21-14(11)22(10)2;/h3-5,8H,1,6-7,18H2,2H3,(H,19,20,21);1H/t8-;/m1./s1. The third kappa shape index (κ3) is 3.48. The zero-order chi connectivity index (χ0) is 16.6. The molecule has 6 nitrogen and oxygen atoms in total. The Morgan fingerprint density at radius 1 is 1.50 bits per heavy atom. The Labute approximate surface area is 149 Å². The molecule has 0 aliphatic heterocycles. The lowest BCUT2D eigenvalue weighted by Gasteiger charge is -2.06. The number of nitrogens with one attached hydrogen (secondary N) is 1. The van der Waals surface area contributed by atoms with E-state index in [0.29, 0.717) is 29.5 Å². The molecule has 0 saturated heterocycles. The Kier molecular flexibility index (Phi) is 5.69. The van der Waals surface area contributed by atoms with E-state index >= 15 is 0 Å². The highest BCUT2D eigenvalue weighted by Crippen LogP contribution is 2.30. The van der Waals surface area contributed by atoms with Crippen molar-refractivity contribution >= 4 is 40.9 Å². The molecule has 129 valence electrons. The number of hydrogen-bond donors (Lipinski definition) is 2. The van der Waals surface area contributed by atoms with E-state index in [1.165, 1.54) is 0 Å². The summed E-state index contributed by atoms with van der Waals surface area (Å²) in [7, 11) is 1.71. The smallest absolute Gasteiger partial charge is 0.226 e. The van der Waals surface area contributed by atoms with Gasteiger partial charge in [0.25, 0.3) is 0 Å². The number of aryl methyl sites for hydroxylation is 1. The van der Waals surface area contributed by atoms with E-state index in [1.54, 1.807) is 23.9 Å². The Hall–Kier alpha value is -1.83. The first-order valence-electron chi connectivity index (χ1n) is 7.02. The zero-order valence-electron chi connectivity index (χ0n) is 12.9. The second-order valence-electron chi connectivity index (χ2n) is 5.26. The summed E-state index contributed by atoms with van der Waals surface area (Å²) < 4.78 is 21.7. The van der Waals surface area contributed by atoms with Crippen LogP contribution in [0.4, 0.5) is 10.2 Å². The summed E-state index contributed by atoms with van der Waals surface area (Å²) >= 11 is 5.97. The number of nitrogens with two attached hydrogens (primary N) is 1. The number of aromatic nitrogens is 3. The lowest BCUT2D eigenvalue weighted by Crippen LogP contribution is -2.20. The summed E-state index contributed by atoms with van der Waals surface area (Å²) in [6.07, 6.45) is 1.85. The van der Waals surface area contributed by atoms with Crippen LogP contribution in [0.1, 0.15) is 11.5 Å². The number of nitrogens with zero attached hydrogens (tertiary/aromatic N) is 3. The minimum Gasteiger partial charge on any atom is -0.467 e. The maximum Gasteiger partial charge on any atom is 0.226 e. The molecular formula is C15H17Cl2FN5O. The van der Waals surface area contributed by atoms with Gasteiger partial charge in [-0.05, 0) is 30.7 Å². The van der Waals surface area contributed by atoms with Gasteiger partial charge in [0, 0.05) is 19.5 Å². The summed E-state index contributed by atoms with van der Waals surface area (Å²) in [6.45, 7) is 4.06. The second-order valence-corrected chi connectivity index (χ2v) is 5.59. The molecule has 9 heteroatoms. The molecule has 0 amide bonds. The van der Waals surface area contributed by atoms with Gasteiger partial charge < -0.3 is 20.0 Å². The molecule has 0 aliphatic rings. The third-order valence-electron chi connectivity index (χ3n) is 3.52. The van der Waals surface area contributed by atoms with Crippen molar-refractivity contribution in [3.05, 3.63) is 47.9 Å². The van der Waals surface area contributed by atoms with Crippen LogP contribution in [0, 0.1) is 12.7 Å². The van der Waals surface area contributed by atoms with Crippen LogP contribution >= 0.6 is 24.0 Å². The molecule has 24 heavy (non-hydrogen) atoms. The number of furan rings is 1. The van der Waals surface area contributed by atoms with Crippen molar-refractivity contribution in [2.75, 3.05) is 5.32 Å². The van der Waals surface area contributed by atoms with Crippen LogP contribution in [0.5, 0.6) is 0 Å². The van der Waals surface area contributed by atoms with Gasteiger partial charge in [0.15, 0.2) is 5.82 Å². The number of halogens is 3. The van der Waals surface area contributed by atoms with Gasteiger partial charge in [-0.15, -0.1) is 12.4 Å². The molecule has 0 spiro atoms. The Bertz CT molecular complexity index is 832. The van der Waals surface area contributed by atoms with E-state index in [1.807, 2.05) is 6.07 Å². The van der Waals surface area contributed by atoms with Crippen LogP contribution in [-0.4, -0.2) is 20.6 Å². The van der Waals surface area contributed by atoms with Gasteiger partial charge in [-0.3, -0.25) is 0 Å². The molecule has 3 rings (SSSR count). The Morgan fingerprint density at radius 3 is 2.88 bits per heavy atom. The van der Waals surface area contributed by atoms with Crippen molar-refractivity contribution in [3.63, 3.8) is 0 Å². The van der Waals surface area contributed by atoms with Crippen LogP contribution in [0.2, 0.25) is 5.28 Å². The van der Waals surface area contributed by atoms with Gasteiger partial charge in [0.05, 0.1) is 23.9 Å². The highest BCUT2D eigenvalue weighted by molar-refractivity contribution is 6.28. The van der Waals surface area contributed by atoms with E-state index in [2.05, 4.69) is 22.2 Å². The van der Waals surface area contributed by atoms with Gasteiger partial charge in [-0.2, -0.15) is 9.97 Å².